The van der Waals surface area contributed by atoms with Crippen molar-refractivity contribution in [3.05, 3.63) is 65.7 Å². The highest BCUT2D eigenvalue weighted by atomic mass is 127. The molecule has 0 aliphatic carbocycles. The number of ether oxygens (including phenoxy) is 1. The fourth-order valence-electron chi connectivity index (χ4n) is 3.85. The Morgan fingerprint density at radius 2 is 1.69 bits per heavy atom. The van der Waals surface area contributed by atoms with E-state index in [9.17, 15) is 0 Å². The predicted molar refractivity (Wildman–Crippen MR) is 104 cm³/mol. The van der Waals surface area contributed by atoms with Gasteiger partial charge < -0.3 is 33.6 Å². The molecule has 0 N–H and O–H groups in total. The minimum Gasteiger partial charge on any atom is -1.00 e. The van der Waals surface area contributed by atoms with Gasteiger partial charge in [-0.1, -0.05) is 18.2 Å². The van der Waals surface area contributed by atoms with Gasteiger partial charge in [-0.05, 0) is 38.1 Å². The zero-order valence-electron chi connectivity index (χ0n) is 15.8. The fraction of sp³-hybridized carbons (Fsp3) is 0.318. The summed E-state index contributed by atoms with van der Waals surface area (Å²) in [5.74, 6) is 0.962. The van der Waals surface area contributed by atoms with Crippen molar-refractivity contribution in [1.82, 2.24) is 0 Å². The first-order valence-corrected chi connectivity index (χ1v) is 8.85. The molecule has 2 aromatic carbocycles. The Bertz CT molecular complexity index is 879. The Labute approximate surface area is 173 Å². The molecule has 0 atom stereocenters. The second-order valence-corrected chi connectivity index (χ2v) is 7.48. The Balaban J connectivity index is 0.00000196. The first kappa shape index (κ1) is 19.0. The highest BCUT2D eigenvalue weighted by Gasteiger charge is 2.45. The minimum atomic E-state index is -0.0148. The lowest BCUT2D eigenvalue weighted by Crippen LogP contribution is -3.00. The fourth-order valence-corrected chi connectivity index (χ4v) is 3.85. The van der Waals surface area contributed by atoms with Crippen molar-refractivity contribution in [2.24, 2.45) is 0 Å². The van der Waals surface area contributed by atoms with Crippen molar-refractivity contribution in [3.8, 4) is 0 Å². The number of rotatable bonds is 2. The van der Waals surface area contributed by atoms with E-state index in [0.29, 0.717) is 6.61 Å². The van der Waals surface area contributed by atoms with Gasteiger partial charge in [-0.15, -0.1) is 0 Å². The lowest BCUT2D eigenvalue weighted by Gasteiger charge is -2.16. The summed E-state index contributed by atoms with van der Waals surface area (Å²) in [6.45, 7) is 6.17. The standard InChI is InChI=1S/C22H25N2O.HI/c1-22(2)18-7-5-6-8-19(18)24-13-14-25-20(15-21(22)24)16-9-11-17(12-10-16)23(3)4;/h5-12,15H,13-14H2,1-4H3;1H/q+1;/p-1. The zero-order valence-corrected chi connectivity index (χ0v) is 17.9. The molecular formula is C22H25IN2O. The van der Waals surface area contributed by atoms with Crippen LogP contribution in [0.25, 0.3) is 5.76 Å². The van der Waals surface area contributed by atoms with Gasteiger partial charge in [0.15, 0.2) is 12.3 Å². The molecule has 0 saturated carbocycles. The molecule has 0 saturated heterocycles. The van der Waals surface area contributed by atoms with Gasteiger partial charge in [-0.25, -0.2) is 0 Å². The van der Waals surface area contributed by atoms with Crippen LogP contribution in [0.3, 0.4) is 0 Å². The van der Waals surface area contributed by atoms with Crippen LogP contribution in [0.4, 0.5) is 11.4 Å². The van der Waals surface area contributed by atoms with E-state index in [1.807, 2.05) is 0 Å². The van der Waals surface area contributed by atoms with Crippen molar-refractivity contribution in [3.63, 3.8) is 0 Å². The lowest BCUT2D eigenvalue weighted by atomic mass is 9.81. The molecule has 0 unspecified atom stereocenters. The van der Waals surface area contributed by atoms with Gasteiger partial charge in [-0.3, -0.25) is 0 Å². The number of hydrogen-bond donors (Lipinski definition) is 0. The third-order valence-electron chi connectivity index (χ3n) is 5.31. The van der Waals surface area contributed by atoms with E-state index in [1.165, 1.54) is 22.6 Å². The quantitative estimate of drug-likeness (QED) is 0.495. The van der Waals surface area contributed by atoms with Gasteiger partial charge in [0, 0.05) is 43.1 Å². The maximum atomic E-state index is 6.12. The summed E-state index contributed by atoms with van der Waals surface area (Å²) in [5.41, 5.74) is 6.33. The molecule has 0 aromatic heterocycles. The molecule has 2 aliphatic rings. The molecule has 3 nitrogen and oxygen atoms in total. The van der Waals surface area contributed by atoms with E-state index in [0.717, 1.165) is 17.9 Å². The summed E-state index contributed by atoms with van der Waals surface area (Å²) < 4.78 is 8.53. The second kappa shape index (κ2) is 7.06. The number of nitrogens with zero attached hydrogens (tertiary/aromatic N) is 2. The van der Waals surface area contributed by atoms with Crippen LogP contribution < -0.4 is 28.9 Å². The minimum absolute atomic E-state index is 0. The number of allylic oxidation sites excluding steroid dienone is 1. The number of anilines is 1. The van der Waals surface area contributed by atoms with Crippen molar-refractivity contribution >= 4 is 22.8 Å². The summed E-state index contributed by atoms with van der Waals surface area (Å²) >= 11 is 0. The summed E-state index contributed by atoms with van der Waals surface area (Å²) in [6.07, 6.45) is 2.23. The SMILES string of the molecule is CN(C)c1ccc(C2=CC3=[N+](CCO2)c2ccccc2C3(C)C)cc1.[I-]. The molecular weight excluding hydrogens is 435 g/mol. The molecule has 0 bridgehead atoms. The number of benzene rings is 2. The van der Waals surface area contributed by atoms with E-state index in [1.54, 1.807) is 0 Å². The van der Waals surface area contributed by atoms with Gasteiger partial charge in [0.2, 0.25) is 5.69 Å². The lowest BCUT2D eigenvalue weighted by molar-refractivity contribution is -0.439. The van der Waals surface area contributed by atoms with Crippen LogP contribution in [0.1, 0.15) is 25.0 Å². The van der Waals surface area contributed by atoms with E-state index >= 15 is 0 Å². The molecule has 0 fully saturated rings. The van der Waals surface area contributed by atoms with Gasteiger partial charge >= 0.3 is 0 Å². The number of hydrogen-bond acceptors (Lipinski definition) is 2. The molecule has 0 radical (unpaired) electrons. The van der Waals surface area contributed by atoms with Crippen LogP contribution in [0.5, 0.6) is 0 Å². The number of halogens is 1. The molecule has 136 valence electrons. The van der Waals surface area contributed by atoms with Crippen LogP contribution in [0.15, 0.2) is 54.6 Å². The Hall–Kier alpha value is -1.82. The molecule has 4 heteroatoms. The highest BCUT2D eigenvalue weighted by Crippen LogP contribution is 2.41. The molecule has 2 aromatic rings. The number of para-hydroxylation sites is 1. The third-order valence-corrected chi connectivity index (χ3v) is 5.31. The molecule has 2 heterocycles. The van der Waals surface area contributed by atoms with Crippen molar-refractivity contribution in [2.45, 2.75) is 19.3 Å². The van der Waals surface area contributed by atoms with Gasteiger partial charge in [-0.2, -0.15) is 4.58 Å². The first-order valence-electron chi connectivity index (χ1n) is 8.85. The van der Waals surface area contributed by atoms with Gasteiger partial charge in [0.25, 0.3) is 0 Å². The van der Waals surface area contributed by atoms with E-state index in [-0.39, 0.29) is 29.4 Å². The predicted octanol–water partition coefficient (Wildman–Crippen LogP) is 1.20. The van der Waals surface area contributed by atoms with Crippen LogP contribution in [-0.2, 0) is 10.2 Å². The molecule has 0 spiro atoms. The Kier molecular flexibility index (Phi) is 5.15. The van der Waals surface area contributed by atoms with E-state index in [4.69, 9.17) is 4.74 Å². The highest BCUT2D eigenvalue weighted by molar-refractivity contribution is 6.06. The summed E-state index contributed by atoms with van der Waals surface area (Å²) in [4.78, 5) is 2.11. The molecule has 26 heavy (non-hydrogen) atoms. The number of fused-ring (bicyclic) bond motifs is 2. The van der Waals surface area contributed by atoms with Crippen LogP contribution in [0, 0.1) is 0 Å². The molecule has 2 aliphatic heterocycles. The molecule has 0 amide bonds. The first-order chi connectivity index (χ1) is 12.0. The van der Waals surface area contributed by atoms with E-state index in [2.05, 4.69) is 92.0 Å². The monoisotopic (exact) mass is 460 g/mol. The van der Waals surface area contributed by atoms with Gasteiger partial charge in [0.05, 0.1) is 5.41 Å². The largest absolute Gasteiger partial charge is 1.00 e. The Morgan fingerprint density at radius 3 is 2.38 bits per heavy atom. The van der Waals surface area contributed by atoms with Crippen LogP contribution in [-0.4, -0.2) is 37.5 Å². The Morgan fingerprint density at radius 1 is 1.00 bits per heavy atom. The zero-order chi connectivity index (χ0) is 17.6. The third kappa shape index (κ3) is 3.04. The summed E-state index contributed by atoms with van der Waals surface area (Å²) in [5, 5.41) is 0. The normalized spacial score (nSPS) is 17.3. The van der Waals surface area contributed by atoms with E-state index < -0.39 is 0 Å². The molecule has 4 rings (SSSR count). The average Bonchev–Trinajstić information content (AvgIpc) is 2.77. The summed E-state index contributed by atoms with van der Waals surface area (Å²) in [6, 6.07) is 17.3. The smallest absolute Gasteiger partial charge is 0.209 e. The van der Waals surface area contributed by atoms with Crippen molar-refractivity contribution < 1.29 is 33.3 Å². The second-order valence-electron chi connectivity index (χ2n) is 7.48. The summed E-state index contributed by atoms with van der Waals surface area (Å²) in [7, 11) is 4.12. The van der Waals surface area contributed by atoms with Crippen molar-refractivity contribution in [2.75, 3.05) is 32.1 Å². The maximum Gasteiger partial charge on any atom is 0.209 e. The van der Waals surface area contributed by atoms with Gasteiger partial charge in [0.1, 0.15) is 12.4 Å². The average molecular weight is 460 g/mol. The maximum absolute atomic E-state index is 6.12. The van der Waals surface area contributed by atoms with Crippen LogP contribution in [0.2, 0.25) is 0 Å². The topological polar surface area (TPSA) is 15.5 Å². The van der Waals surface area contributed by atoms with Crippen LogP contribution >= 0.6 is 0 Å². The van der Waals surface area contributed by atoms with Crippen molar-refractivity contribution in [1.29, 1.82) is 0 Å².